The lowest BCUT2D eigenvalue weighted by molar-refractivity contribution is 0.0996. The maximum absolute atomic E-state index is 11.7. The number of carbonyl (C=O) groups excluding carboxylic acids is 1. The maximum Gasteiger partial charge on any atom is 0.267 e. The van der Waals surface area contributed by atoms with Crippen molar-refractivity contribution >= 4 is 16.8 Å². The van der Waals surface area contributed by atoms with Gasteiger partial charge in [-0.05, 0) is 12.1 Å². The van der Waals surface area contributed by atoms with Gasteiger partial charge in [-0.1, -0.05) is 0 Å². The first-order valence-electron chi connectivity index (χ1n) is 7.60. The quantitative estimate of drug-likeness (QED) is 0.597. The van der Waals surface area contributed by atoms with Crippen LogP contribution < -0.4 is 5.73 Å². The van der Waals surface area contributed by atoms with Crippen LogP contribution in [0.4, 0.5) is 0 Å². The highest BCUT2D eigenvalue weighted by Crippen LogP contribution is 2.28. The molecular formula is C16H16N8O. The second-order valence-electron chi connectivity index (χ2n) is 5.86. The van der Waals surface area contributed by atoms with E-state index >= 15 is 0 Å². The Morgan fingerprint density at radius 2 is 1.96 bits per heavy atom. The summed E-state index contributed by atoms with van der Waals surface area (Å²) in [4.78, 5) is 20.7. The number of nitrogens with zero attached hydrogens (tertiary/aromatic N) is 7. The second-order valence-corrected chi connectivity index (χ2v) is 5.86. The van der Waals surface area contributed by atoms with Gasteiger partial charge < -0.3 is 10.3 Å². The minimum atomic E-state index is -0.594. The van der Waals surface area contributed by atoms with E-state index in [1.165, 1.54) is 0 Å². The molecule has 0 saturated carbocycles. The van der Waals surface area contributed by atoms with Gasteiger partial charge in [0.25, 0.3) is 5.91 Å². The molecule has 0 aliphatic rings. The average molecular weight is 336 g/mol. The van der Waals surface area contributed by atoms with Crippen LogP contribution in [0, 0.1) is 0 Å². The lowest BCUT2D eigenvalue weighted by Gasteiger charge is -2.05. The molecule has 1 amide bonds. The summed E-state index contributed by atoms with van der Waals surface area (Å²) in [7, 11) is 5.52. The van der Waals surface area contributed by atoms with Crippen LogP contribution in [0.15, 0.2) is 30.7 Å². The zero-order valence-electron chi connectivity index (χ0n) is 14.0. The first kappa shape index (κ1) is 15.1. The number of fused-ring (bicyclic) bond motifs is 1. The van der Waals surface area contributed by atoms with E-state index in [0.29, 0.717) is 11.5 Å². The Morgan fingerprint density at radius 1 is 1.16 bits per heavy atom. The molecule has 0 aliphatic heterocycles. The normalized spacial score (nSPS) is 11.3. The van der Waals surface area contributed by atoms with Gasteiger partial charge in [-0.3, -0.25) is 14.2 Å². The van der Waals surface area contributed by atoms with Gasteiger partial charge in [-0.15, -0.1) is 0 Å². The van der Waals surface area contributed by atoms with E-state index < -0.39 is 5.91 Å². The topological polar surface area (TPSA) is 109 Å². The van der Waals surface area contributed by atoms with Crippen molar-refractivity contribution in [2.45, 2.75) is 0 Å². The number of hydrogen-bond acceptors (Lipinski definition) is 5. The highest BCUT2D eigenvalue weighted by atomic mass is 16.1. The number of amides is 1. The molecule has 0 radical (unpaired) electrons. The van der Waals surface area contributed by atoms with Crippen LogP contribution in [0.5, 0.6) is 0 Å². The SMILES string of the molecule is Cn1ccc(-c2cn(C)c(-c3nc(C(N)=O)cc4c3cnn4C)n2)n1. The third-order valence-corrected chi connectivity index (χ3v) is 4.06. The Bertz CT molecular complexity index is 1120. The molecule has 9 nitrogen and oxygen atoms in total. The van der Waals surface area contributed by atoms with Gasteiger partial charge in [0.05, 0.1) is 11.7 Å². The average Bonchev–Trinajstić information content (AvgIpc) is 3.26. The fraction of sp³-hybridized carbons (Fsp3) is 0.188. The van der Waals surface area contributed by atoms with E-state index in [1.54, 1.807) is 28.7 Å². The molecule has 126 valence electrons. The minimum Gasteiger partial charge on any atom is -0.364 e. The van der Waals surface area contributed by atoms with E-state index in [4.69, 9.17) is 5.73 Å². The Kier molecular flexibility index (Phi) is 3.17. The number of carbonyl (C=O) groups is 1. The second kappa shape index (κ2) is 5.26. The van der Waals surface area contributed by atoms with Crippen LogP contribution in [0.1, 0.15) is 10.5 Å². The zero-order valence-corrected chi connectivity index (χ0v) is 14.0. The van der Waals surface area contributed by atoms with Crippen LogP contribution in [-0.2, 0) is 21.1 Å². The minimum absolute atomic E-state index is 0.175. The molecule has 0 saturated heterocycles. The molecule has 25 heavy (non-hydrogen) atoms. The maximum atomic E-state index is 11.7. The van der Waals surface area contributed by atoms with Gasteiger partial charge in [0, 0.05) is 38.9 Å². The molecule has 2 N–H and O–H groups in total. The molecule has 0 aliphatic carbocycles. The Hall–Kier alpha value is -3.49. The number of nitrogens with two attached hydrogens (primary N) is 1. The van der Waals surface area contributed by atoms with Crippen molar-refractivity contribution in [2.75, 3.05) is 0 Å². The summed E-state index contributed by atoms with van der Waals surface area (Å²) in [5.74, 6) is 0.0188. The molecule has 4 aromatic rings. The van der Waals surface area contributed by atoms with Crippen LogP contribution in [0.3, 0.4) is 0 Å². The third kappa shape index (κ3) is 2.36. The Balaban J connectivity index is 1.95. The lowest BCUT2D eigenvalue weighted by atomic mass is 10.2. The van der Waals surface area contributed by atoms with Crippen molar-refractivity contribution in [3.8, 4) is 22.9 Å². The summed E-state index contributed by atoms with van der Waals surface area (Å²) in [6.07, 6.45) is 5.44. The number of pyridine rings is 1. The third-order valence-electron chi connectivity index (χ3n) is 4.06. The number of rotatable bonds is 3. The van der Waals surface area contributed by atoms with Crippen molar-refractivity contribution < 1.29 is 4.79 Å². The van der Waals surface area contributed by atoms with Crippen LogP contribution >= 0.6 is 0 Å². The number of aromatic nitrogens is 7. The van der Waals surface area contributed by atoms with E-state index in [0.717, 1.165) is 22.3 Å². The summed E-state index contributed by atoms with van der Waals surface area (Å²) in [5.41, 5.74) is 8.42. The predicted octanol–water partition coefficient (Wildman–Crippen LogP) is 0.868. The molecule has 4 rings (SSSR count). The monoisotopic (exact) mass is 336 g/mol. The standard InChI is InChI=1S/C16H16N8O/c1-22-8-12(10-4-5-23(2)21-10)20-16(22)14-9-7-18-24(3)13(9)6-11(19-14)15(17)25/h4-8H,1-3H3,(H2,17,25). The van der Waals surface area contributed by atoms with E-state index in [-0.39, 0.29) is 5.69 Å². The van der Waals surface area contributed by atoms with Crippen molar-refractivity contribution in [3.05, 3.63) is 36.4 Å². The van der Waals surface area contributed by atoms with Gasteiger partial charge in [0.1, 0.15) is 22.8 Å². The highest BCUT2D eigenvalue weighted by Gasteiger charge is 2.19. The van der Waals surface area contributed by atoms with Gasteiger partial charge >= 0.3 is 0 Å². The van der Waals surface area contributed by atoms with Gasteiger partial charge in [0.15, 0.2) is 5.82 Å². The van der Waals surface area contributed by atoms with Crippen molar-refractivity contribution in [3.63, 3.8) is 0 Å². The van der Waals surface area contributed by atoms with Crippen molar-refractivity contribution in [1.29, 1.82) is 0 Å². The predicted molar refractivity (Wildman–Crippen MR) is 91.4 cm³/mol. The number of aryl methyl sites for hydroxylation is 3. The van der Waals surface area contributed by atoms with Crippen LogP contribution in [0.25, 0.3) is 33.8 Å². The Morgan fingerprint density at radius 3 is 2.64 bits per heavy atom. The van der Waals surface area contributed by atoms with Gasteiger partial charge in [-0.25, -0.2) is 9.97 Å². The summed E-state index contributed by atoms with van der Waals surface area (Å²) < 4.78 is 5.24. The summed E-state index contributed by atoms with van der Waals surface area (Å²) in [6, 6.07) is 3.52. The number of hydrogen-bond donors (Lipinski definition) is 1. The van der Waals surface area contributed by atoms with Gasteiger partial charge in [0.2, 0.25) is 0 Å². The molecule has 0 fully saturated rings. The lowest BCUT2D eigenvalue weighted by Crippen LogP contribution is -2.14. The summed E-state index contributed by atoms with van der Waals surface area (Å²) in [5, 5.41) is 9.42. The summed E-state index contributed by atoms with van der Waals surface area (Å²) >= 11 is 0. The molecule has 0 unspecified atom stereocenters. The van der Waals surface area contributed by atoms with Crippen LogP contribution in [-0.4, -0.2) is 40.0 Å². The van der Waals surface area contributed by atoms with Gasteiger partial charge in [-0.2, -0.15) is 10.2 Å². The van der Waals surface area contributed by atoms with E-state index in [2.05, 4.69) is 20.2 Å². The molecule has 0 aromatic carbocycles. The highest BCUT2D eigenvalue weighted by molar-refractivity contribution is 5.99. The largest absolute Gasteiger partial charge is 0.364 e. The fourth-order valence-electron chi connectivity index (χ4n) is 2.80. The fourth-order valence-corrected chi connectivity index (χ4v) is 2.80. The van der Waals surface area contributed by atoms with Crippen molar-refractivity contribution in [1.82, 2.24) is 34.1 Å². The van der Waals surface area contributed by atoms with E-state index in [1.807, 2.05) is 37.1 Å². The number of imidazole rings is 1. The zero-order chi connectivity index (χ0) is 17.7. The molecule has 0 bridgehead atoms. The molecule has 9 heteroatoms. The Labute approximate surface area is 142 Å². The van der Waals surface area contributed by atoms with Crippen molar-refractivity contribution in [2.24, 2.45) is 26.9 Å². The van der Waals surface area contributed by atoms with Crippen LogP contribution in [0.2, 0.25) is 0 Å². The molecule has 0 spiro atoms. The molecular weight excluding hydrogens is 320 g/mol. The molecule has 4 heterocycles. The number of primary amides is 1. The van der Waals surface area contributed by atoms with E-state index in [9.17, 15) is 4.79 Å². The molecule has 4 aromatic heterocycles. The smallest absolute Gasteiger partial charge is 0.267 e. The molecule has 0 atom stereocenters. The summed E-state index contributed by atoms with van der Waals surface area (Å²) in [6.45, 7) is 0. The first-order chi connectivity index (χ1) is 11.9. The first-order valence-corrected chi connectivity index (χ1v) is 7.60.